The van der Waals surface area contributed by atoms with Gasteiger partial charge < -0.3 is 0 Å². The highest BCUT2D eigenvalue weighted by molar-refractivity contribution is 4.84. The van der Waals surface area contributed by atoms with Crippen LogP contribution in [0.25, 0.3) is 0 Å². The number of nitrogens with two attached hydrogens (primary N) is 1. The van der Waals surface area contributed by atoms with E-state index in [9.17, 15) is 0 Å². The summed E-state index contributed by atoms with van der Waals surface area (Å²) in [6.45, 7) is 4.76. The lowest BCUT2D eigenvalue weighted by Crippen LogP contribution is -2.43. The van der Waals surface area contributed by atoms with E-state index in [1.165, 1.54) is 64.2 Å². The van der Waals surface area contributed by atoms with Gasteiger partial charge in [-0.3, -0.25) is 11.3 Å². The fourth-order valence-electron chi connectivity index (χ4n) is 4.39. The topological polar surface area (TPSA) is 38.0 Å². The van der Waals surface area contributed by atoms with E-state index >= 15 is 0 Å². The molecule has 0 aromatic carbocycles. The third-order valence-electron chi connectivity index (χ3n) is 5.85. The highest BCUT2D eigenvalue weighted by Crippen LogP contribution is 2.37. The van der Waals surface area contributed by atoms with Crippen molar-refractivity contribution in [3.63, 3.8) is 0 Å². The van der Waals surface area contributed by atoms with E-state index in [-0.39, 0.29) is 0 Å². The van der Waals surface area contributed by atoms with Crippen LogP contribution in [-0.2, 0) is 0 Å². The average molecular weight is 266 g/mol. The Morgan fingerprint density at radius 1 is 0.895 bits per heavy atom. The Morgan fingerprint density at radius 3 is 2.00 bits per heavy atom. The molecule has 2 aliphatic rings. The number of nitrogens with one attached hydrogen (secondary N) is 1. The highest BCUT2D eigenvalue weighted by atomic mass is 15.2. The molecule has 3 N–H and O–H groups in total. The van der Waals surface area contributed by atoms with Gasteiger partial charge in [0.1, 0.15) is 0 Å². The van der Waals surface area contributed by atoms with Crippen molar-refractivity contribution in [1.29, 1.82) is 0 Å². The van der Waals surface area contributed by atoms with Gasteiger partial charge in [-0.15, -0.1) is 0 Å². The molecule has 2 saturated carbocycles. The maximum absolute atomic E-state index is 5.87. The zero-order valence-corrected chi connectivity index (χ0v) is 13.0. The first-order valence-corrected chi connectivity index (χ1v) is 8.66. The van der Waals surface area contributed by atoms with Gasteiger partial charge in [0, 0.05) is 6.04 Å². The van der Waals surface area contributed by atoms with E-state index < -0.39 is 0 Å². The largest absolute Gasteiger partial charge is 0.271 e. The SMILES string of the molecule is CC(C)C1CCC(C(CC2CCCCC2)NN)CC1. The highest BCUT2D eigenvalue weighted by Gasteiger charge is 2.30. The van der Waals surface area contributed by atoms with E-state index in [2.05, 4.69) is 19.3 Å². The second kappa shape index (κ2) is 7.64. The van der Waals surface area contributed by atoms with E-state index in [0.29, 0.717) is 6.04 Å². The van der Waals surface area contributed by atoms with Gasteiger partial charge in [0.25, 0.3) is 0 Å². The predicted molar refractivity (Wildman–Crippen MR) is 82.6 cm³/mol. The van der Waals surface area contributed by atoms with Crippen LogP contribution in [0, 0.1) is 23.7 Å². The van der Waals surface area contributed by atoms with Gasteiger partial charge in [-0.2, -0.15) is 0 Å². The molecule has 2 rings (SSSR count). The normalized spacial score (nSPS) is 31.6. The fraction of sp³-hybridized carbons (Fsp3) is 1.00. The number of hydrazine groups is 1. The van der Waals surface area contributed by atoms with Gasteiger partial charge in [0.15, 0.2) is 0 Å². The minimum atomic E-state index is 0.580. The van der Waals surface area contributed by atoms with Crippen LogP contribution in [-0.4, -0.2) is 6.04 Å². The standard InChI is InChI=1S/C17H34N2/c1-13(2)15-8-10-16(11-9-15)17(19-18)12-14-6-4-3-5-7-14/h13-17,19H,3-12,18H2,1-2H3. The zero-order valence-electron chi connectivity index (χ0n) is 13.0. The molecule has 0 heterocycles. The molecule has 2 aliphatic carbocycles. The smallest absolute Gasteiger partial charge is 0.0241 e. The molecule has 112 valence electrons. The molecule has 0 bridgehead atoms. The lowest BCUT2D eigenvalue weighted by Gasteiger charge is -2.37. The van der Waals surface area contributed by atoms with Crippen LogP contribution in [0.15, 0.2) is 0 Å². The van der Waals surface area contributed by atoms with Crippen molar-refractivity contribution in [3.8, 4) is 0 Å². The molecule has 1 atom stereocenters. The minimum absolute atomic E-state index is 0.580. The molecule has 2 nitrogen and oxygen atoms in total. The Kier molecular flexibility index (Phi) is 6.15. The van der Waals surface area contributed by atoms with Gasteiger partial charge in [-0.05, 0) is 55.8 Å². The summed E-state index contributed by atoms with van der Waals surface area (Å²) in [6, 6.07) is 0.580. The predicted octanol–water partition coefficient (Wildman–Crippen LogP) is 4.25. The molecule has 0 saturated heterocycles. The molecule has 19 heavy (non-hydrogen) atoms. The molecule has 0 amide bonds. The lowest BCUT2D eigenvalue weighted by molar-refractivity contribution is 0.166. The first kappa shape index (κ1) is 15.3. The summed E-state index contributed by atoms with van der Waals surface area (Å²) in [4.78, 5) is 0. The number of hydrogen-bond acceptors (Lipinski definition) is 2. The second-order valence-electron chi connectivity index (χ2n) is 7.43. The summed E-state index contributed by atoms with van der Waals surface area (Å²) >= 11 is 0. The maximum Gasteiger partial charge on any atom is 0.0241 e. The Hall–Kier alpha value is -0.0800. The van der Waals surface area contributed by atoms with Crippen LogP contribution in [0.2, 0.25) is 0 Å². The Labute approximate surface area is 119 Å². The van der Waals surface area contributed by atoms with Crippen molar-refractivity contribution in [2.45, 2.75) is 84.1 Å². The Morgan fingerprint density at radius 2 is 1.47 bits per heavy atom. The van der Waals surface area contributed by atoms with Gasteiger partial charge in [0.05, 0.1) is 0 Å². The summed E-state index contributed by atoms with van der Waals surface area (Å²) in [7, 11) is 0. The molecule has 2 heteroatoms. The van der Waals surface area contributed by atoms with Crippen LogP contribution >= 0.6 is 0 Å². The first-order chi connectivity index (χ1) is 9.20. The van der Waals surface area contributed by atoms with Crippen molar-refractivity contribution < 1.29 is 0 Å². The van der Waals surface area contributed by atoms with E-state index in [1.807, 2.05) is 0 Å². The third kappa shape index (κ3) is 4.46. The summed E-state index contributed by atoms with van der Waals surface area (Å²) in [5, 5.41) is 0. The van der Waals surface area contributed by atoms with E-state index in [0.717, 1.165) is 23.7 Å². The van der Waals surface area contributed by atoms with Crippen LogP contribution in [0.4, 0.5) is 0 Å². The zero-order chi connectivity index (χ0) is 13.7. The average Bonchev–Trinajstić information content (AvgIpc) is 2.46. The van der Waals surface area contributed by atoms with E-state index in [1.54, 1.807) is 0 Å². The second-order valence-corrected chi connectivity index (χ2v) is 7.43. The molecule has 0 radical (unpaired) electrons. The van der Waals surface area contributed by atoms with Gasteiger partial charge in [0.2, 0.25) is 0 Å². The number of rotatable bonds is 5. The molecule has 0 aromatic rings. The molecular weight excluding hydrogens is 232 g/mol. The summed E-state index contributed by atoms with van der Waals surface area (Å²) in [5.41, 5.74) is 3.16. The van der Waals surface area contributed by atoms with Crippen molar-refractivity contribution in [2.75, 3.05) is 0 Å². The maximum atomic E-state index is 5.87. The fourth-order valence-corrected chi connectivity index (χ4v) is 4.39. The molecule has 0 aliphatic heterocycles. The number of hydrogen-bond donors (Lipinski definition) is 2. The van der Waals surface area contributed by atoms with Gasteiger partial charge in [-0.1, -0.05) is 46.0 Å². The van der Waals surface area contributed by atoms with Crippen molar-refractivity contribution in [1.82, 2.24) is 5.43 Å². The van der Waals surface area contributed by atoms with Gasteiger partial charge >= 0.3 is 0 Å². The van der Waals surface area contributed by atoms with Crippen LogP contribution < -0.4 is 11.3 Å². The van der Waals surface area contributed by atoms with Crippen molar-refractivity contribution >= 4 is 0 Å². The van der Waals surface area contributed by atoms with Crippen LogP contribution in [0.3, 0.4) is 0 Å². The molecule has 0 spiro atoms. The summed E-state index contributed by atoms with van der Waals surface area (Å²) in [6.07, 6.45) is 14.2. The Bertz CT molecular complexity index is 238. The van der Waals surface area contributed by atoms with Crippen molar-refractivity contribution in [3.05, 3.63) is 0 Å². The quantitative estimate of drug-likeness (QED) is 0.576. The monoisotopic (exact) mass is 266 g/mol. The third-order valence-corrected chi connectivity index (χ3v) is 5.85. The lowest BCUT2D eigenvalue weighted by atomic mass is 9.72. The van der Waals surface area contributed by atoms with E-state index in [4.69, 9.17) is 5.84 Å². The summed E-state index contributed by atoms with van der Waals surface area (Å²) in [5.74, 6) is 9.47. The van der Waals surface area contributed by atoms with Crippen LogP contribution in [0.5, 0.6) is 0 Å². The van der Waals surface area contributed by atoms with Crippen molar-refractivity contribution in [2.24, 2.45) is 29.5 Å². The molecule has 1 unspecified atom stereocenters. The minimum Gasteiger partial charge on any atom is -0.271 e. The van der Waals surface area contributed by atoms with Crippen LogP contribution in [0.1, 0.15) is 78.1 Å². The Balaban J connectivity index is 1.78. The molecular formula is C17H34N2. The molecule has 0 aromatic heterocycles. The molecule has 2 fully saturated rings. The first-order valence-electron chi connectivity index (χ1n) is 8.66. The summed E-state index contributed by atoms with van der Waals surface area (Å²) < 4.78 is 0. The van der Waals surface area contributed by atoms with Gasteiger partial charge in [-0.25, -0.2) is 0 Å².